The van der Waals surface area contributed by atoms with Crippen molar-refractivity contribution < 1.29 is 19.0 Å². The number of nitrogens with one attached hydrogen (secondary N) is 1. The maximum absolute atomic E-state index is 12.2. The van der Waals surface area contributed by atoms with Crippen LogP contribution in [0.25, 0.3) is 0 Å². The van der Waals surface area contributed by atoms with Crippen molar-refractivity contribution in [2.45, 2.75) is 19.9 Å². The molecule has 1 aromatic heterocycles. The monoisotopic (exact) mass is 392 g/mol. The molecule has 0 aliphatic carbocycles. The van der Waals surface area contributed by atoms with E-state index < -0.39 is 0 Å². The van der Waals surface area contributed by atoms with Gasteiger partial charge >= 0.3 is 0 Å². The van der Waals surface area contributed by atoms with E-state index in [9.17, 15) is 4.79 Å². The van der Waals surface area contributed by atoms with Crippen LogP contribution >= 0.6 is 0 Å². The number of amides is 1. The number of ether oxygens (including phenoxy) is 3. The van der Waals surface area contributed by atoms with Crippen LogP contribution < -0.4 is 19.5 Å². The third-order valence-corrected chi connectivity index (χ3v) is 4.17. The van der Waals surface area contributed by atoms with Crippen molar-refractivity contribution in [3.8, 4) is 23.1 Å². The zero-order chi connectivity index (χ0) is 20.5. The SMILES string of the molecule is CCOc1ccc(CC(=O)NCc2ccnc(Oc3ccc(OC)cc3)c2)cc1. The molecule has 150 valence electrons. The van der Waals surface area contributed by atoms with E-state index in [0.29, 0.717) is 31.2 Å². The molecule has 0 saturated carbocycles. The predicted octanol–water partition coefficient (Wildman–Crippen LogP) is 4.14. The molecule has 0 aliphatic rings. The summed E-state index contributed by atoms with van der Waals surface area (Å²) in [6.45, 7) is 2.96. The molecule has 3 aromatic rings. The summed E-state index contributed by atoms with van der Waals surface area (Å²) in [5, 5.41) is 2.92. The van der Waals surface area contributed by atoms with E-state index in [-0.39, 0.29) is 5.91 Å². The summed E-state index contributed by atoms with van der Waals surface area (Å²) in [6, 6.07) is 18.5. The number of hydrogen-bond donors (Lipinski definition) is 1. The summed E-state index contributed by atoms with van der Waals surface area (Å²) in [4.78, 5) is 16.4. The Morgan fingerprint density at radius 2 is 1.62 bits per heavy atom. The normalized spacial score (nSPS) is 10.3. The summed E-state index contributed by atoms with van der Waals surface area (Å²) in [5.41, 5.74) is 1.84. The van der Waals surface area contributed by atoms with Crippen LogP contribution in [0.5, 0.6) is 23.1 Å². The van der Waals surface area contributed by atoms with Gasteiger partial charge in [-0.3, -0.25) is 4.79 Å². The molecular weight excluding hydrogens is 368 g/mol. The summed E-state index contributed by atoms with van der Waals surface area (Å²) >= 11 is 0. The number of aromatic nitrogens is 1. The minimum atomic E-state index is -0.0522. The molecule has 0 bridgehead atoms. The van der Waals surface area contributed by atoms with E-state index in [0.717, 1.165) is 22.6 Å². The van der Waals surface area contributed by atoms with E-state index in [1.807, 2.05) is 61.5 Å². The number of nitrogens with zero attached hydrogens (tertiary/aromatic N) is 1. The lowest BCUT2D eigenvalue weighted by Crippen LogP contribution is -2.24. The molecule has 0 radical (unpaired) electrons. The van der Waals surface area contributed by atoms with Gasteiger partial charge < -0.3 is 19.5 Å². The maximum Gasteiger partial charge on any atom is 0.224 e. The quantitative estimate of drug-likeness (QED) is 0.593. The van der Waals surface area contributed by atoms with Crippen molar-refractivity contribution in [1.29, 1.82) is 0 Å². The van der Waals surface area contributed by atoms with Crippen LogP contribution in [0.2, 0.25) is 0 Å². The van der Waals surface area contributed by atoms with Crippen LogP contribution in [0.4, 0.5) is 0 Å². The topological polar surface area (TPSA) is 69.7 Å². The van der Waals surface area contributed by atoms with Crippen molar-refractivity contribution in [2.24, 2.45) is 0 Å². The maximum atomic E-state index is 12.2. The van der Waals surface area contributed by atoms with Crippen LogP contribution in [-0.2, 0) is 17.8 Å². The van der Waals surface area contributed by atoms with Gasteiger partial charge in [-0.2, -0.15) is 0 Å². The standard InChI is InChI=1S/C23H24N2O4/c1-3-28-20-6-4-17(5-7-20)14-22(26)25-16-18-12-13-24-23(15-18)29-21-10-8-19(27-2)9-11-21/h4-13,15H,3,14,16H2,1-2H3,(H,25,26). The summed E-state index contributed by atoms with van der Waals surface area (Å²) in [5.74, 6) is 2.64. The molecule has 0 spiro atoms. The third-order valence-electron chi connectivity index (χ3n) is 4.17. The first-order chi connectivity index (χ1) is 14.2. The van der Waals surface area contributed by atoms with Gasteiger partial charge in [0.2, 0.25) is 11.8 Å². The fourth-order valence-electron chi connectivity index (χ4n) is 2.70. The molecule has 1 N–H and O–H groups in total. The molecule has 6 nitrogen and oxygen atoms in total. The van der Waals surface area contributed by atoms with Crippen LogP contribution in [0.15, 0.2) is 66.9 Å². The molecule has 2 aromatic carbocycles. The Morgan fingerprint density at radius 3 is 2.31 bits per heavy atom. The fourth-order valence-corrected chi connectivity index (χ4v) is 2.70. The number of pyridine rings is 1. The highest BCUT2D eigenvalue weighted by Gasteiger charge is 2.06. The second kappa shape index (κ2) is 10.1. The molecule has 0 aliphatic heterocycles. The van der Waals surface area contributed by atoms with Gasteiger partial charge in [0, 0.05) is 18.8 Å². The average Bonchev–Trinajstić information content (AvgIpc) is 2.75. The highest BCUT2D eigenvalue weighted by atomic mass is 16.5. The summed E-state index contributed by atoms with van der Waals surface area (Å²) in [6.07, 6.45) is 1.97. The molecule has 3 rings (SSSR count). The molecule has 1 heterocycles. The molecule has 0 saturated heterocycles. The minimum Gasteiger partial charge on any atom is -0.497 e. The lowest BCUT2D eigenvalue weighted by Gasteiger charge is -2.09. The van der Waals surface area contributed by atoms with Gasteiger partial charge in [-0.05, 0) is 60.5 Å². The van der Waals surface area contributed by atoms with E-state index in [1.165, 1.54) is 0 Å². The van der Waals surface area contributed by atoms with Crippen molar-refractivity contribution in [3.63, 3.8) is 0 Å². The number of benzene rings is 2. The highest BCUT2D eigenvalue weighted by molar-refractivity contribution is 5.78. The van der Waals surface area contributed by atoms with Crippen molar-refractivity contribution in [3.05, 3.63) is 78.0 Å². The number of hydrogen-bond acceptors (Lipinski definition) is 5. The van der Waals surface area contributed by atoms with Gasteiger partial charge in [0.1, 0.15) is 17.2 Å². The number of carbonyl (C=O) groups excluding carboxylic acids is 1. The van der Waals surface area contributed by atoms with Crippen molar-refractivity contribution in [2.75, 3.05) is 13.7 Å². The van der Waals surface area contributed by atoms with Gasteiger partial charge in [-0.1, -0.05) is 12.1 Å². The van der Waals surface area contributed by atoms with E-state index >= 15 is 0 Å². The zero-order valence-electron chi connectivity index (χ0n) is 16.6. The zero-order valence-corrected chi connectivity index (χ0v) is 16.6. The largest absolute Gasteiger partial charge is 0.497 e. The Balaban J connectivity index is 1.52. The van der Waals surface area contributed by atoms with Crippen molar-refractivity contribution >= 4 is 5.91 Å². The van der Waals surface area contributed by atoms with Crippen LogP contribution in [0.3, 0.4) is 0 Å². The summed E-state index contributed by atoms with van der Waals surface area (Å²) in [7, 11) is 1.62. The minimum absolute atomic E-state index is 0.0522. The highest BCUT2D eigenvalue weighted by Crippen LogP contribution is 2.22. The molecule has 0 unspecified atom stereocenters. The number of carbonyl (C=O) groups is 1. The molecule has 1 amide bonds. The van der Waals surface area contributed by atoms with E-state index in [4.69, 9.17) is 14.2 Å². The van der Waals surface area contributed by atoms with Crippen LogP contribution in [0, 0.1) is 0 Å². The Bertz CT molecular complexity index is 924. The Hall–Kier alpha value is -3.54. The smallest absolute Gasteiger partial charge is 0.224 e. The Labute approximate surface area is 170 Å². The lowest BCUT2D eigenvalue weighted by atomic mass is 10.1. The van der Waals surface area contributed by atoms with Gasteiger partial charge in [-0.25, -0.2) is 4.98 Å². The molecule has 29 heavy (non-hydrogen) atoms. The Morgan fingerprint density at radius 1 is 0.931 bits per heavy atom. The first kappa shape index (κ1) is 20.2. The average molecular weight is 392 g/mol. The molecule has 0 fully saturated rings. The fraction of sp³-hybridized carbons (Fsp3) is 0.217. The third kappa shape index (κ3) is 6.24. The first-order valence-electron chi connectivity index (χ1n) is 9.41. The predicted molar refractivity (Wildman–Crippen MR) is 110 cm³/mol. The Kier molecular flexibility index (Phi) is 7.05. The van der Waals surface area contributed by atoms with Gasteiger partial charge in [-0.15, -0.1) is 0 Å². The molecule has 6 heteroatoms. The molecule has 0 atom stereocenters. The molecular formula is C23H24N2O4. The second-order valence-corrected chi connectivity index (χ2v) is 6.31. The van der Waals surface area contributed by atoms with Gasteiger partial charge in [0.05, 0.1) is 20.1 Å². The van der Waals surface area contributed by atoms with Crippen LogP contribution in [-0.4, -0.2) is 24.6 Å². The number of rotatable bonds is 9. The van der Waals surface area contributed by atoms with E-state index in [2.05, 4.69) is 10.3 Å². The van der Waals surface area contributed by atoms with Crippen LogP contribution in [0.1, 0.15) is 18.1 Å². The lowest BCUT2D eigenvalue weighted by molar-refractivity contribution is -0.120. The number of methoxy groups -OCH3 is 1. The summed E-state index contributed by atoms with van der Waals surface area (Å²) < 4.78 is 16.3. The first-order valence-corrected chi connectivity index (χ1v) is 9.41. The van der Waals surface area contributed by atoms with Gasteiger partial charge in [0.15, 0.2) is 0 Å². The van der Waals surface area contributed by atoms with Gasteiger partial charge in [0.25, 0.3) is 0 Å². The van der Waals surface area contributed by atoms with E-state index in [1.54, 1.807) is 19.4 Å². The van der Waals surface area contributed by atoms with Crippen molar-refractivity contribution in [1.82, 2.24) is 10.3 Å². The second-order valence-electron chi connectivity index (χ2n) is 6.31.